The number of carbonyl (C=O) groups is 2. The minimum atomic E-state index is -3.64. The van der Waals surface area contributed by atoms with Crippen molar-refractivity contribution in [2.75, 3.05) is 38.7 Å². The highest BCUT2D eigenvalue weighted by Crippen LogP contribution is 2.27. The normalized spacial score (nSPS) is 14.6. The van der Waals surface area contributed by atoms with E-state index in [4.69, 9.17) is 14.2 Å². The average Bonchev–Trinajstić information content (AvgIpc) is 3.12. The van der Waals surface area contributed by atoms with Gasteiger partial charge in [-0.1, -0.05) is 25.0 Å². The van der Waals surface area contributed by atoms with Crippen LogP contribution in [0.2, 0.25) is 0 Å². The van der Waals surface area contributed by atoms with Crippen molar-refractivity contribution in [1.29, 1.82) is 0 Å². The Labute approximate surface area is 200 Å². The number of carbonyl (C=O) groups excluding carboxylic acids is 2. The third kappa shape index (κ3) is 6.94. The first-order chi connectivity index (χ1) is 16.3. The molecule has 3 rings (SSSR count). The fourth-order valence-corrected chi connectivity index (χ4v) is 5.14. The summed E-state index contributed by atoms with van der Waals surface area (Å²) in [6.07, 6.45) is 3.71. The molecule has 34 heavy (non-hydrogen) atoms. The molecule has 1 aliphatic rings. The number of amides is 1. The molecule has 2 aromatic carbocycles. The highest BCUT2D eigenvalue weighted by Gasteiger charge is 2.25. The molecule has 0 saturated carbocycles. The highest BCUT2D eigenvalue weighted by molar-refractivity contribution is 7.89. The third-order valence-corrected chi connectivity index (χ3v) is 7.24. The first-order valence-electron chi connectivity index (χ1n) is 11.1. The lowest BCUT2D eigenvalue weighted by Gasteiger charge is -2.20. The molecule has 1 heterocycles. The maximum Gasteiger partial charge on any atom is 0.344 e. The largest absolute Gasteiger partial charge is 0.493 e. The Bertz CT molecular complexity index is 1110. The van der Waals surface area contributed by atoms with Crippen molar-refractivity contribution >= 4 is 27.6 Å². The van der Waals surface area contributed by atoms with Crippen molar-refractivity contribution in [2.45, 2.75) is 37.5 Å². The Kier molecular flexibility index (Phi) is 8.89. The van der Waals surface area contributed by atoms with Gasteiger partial charge < -0.3 is 19.5 Å². The minimum Gasteiger partial charge on any atom is -0.493 e. The molecule has 9 nitrogen and oxygen atoms in total. The molecule has 0 radical (unpaired) electrons. The van der Waals surface area contributed by atoms with E-state index in [1.54, 1.807) is 24.3 Å². The van der Waals surface area contributed by atoms with Gasteiger partial charge in [0.15, 0.2) is 24.7 Å². The van der Waals surface area contributed by atoms with Gasteiger partial charge in [-0.05, 0) is 55.7 Å². The number of hydrogen-bond acceptors (Lipinski definition) is 7. The van der Waals surface area contributed by atoms with Crippen LogP contribution in [0.3, 0.4) is 0 Å². The minimum absolute atomic E-state index is 0.115. The zero-order chi connectivity index (χ0) is 24.6. The molecule has 0 bridgehead atoms. The number of rotatable bonds is 9. The number of sulfonamides is 1. The van der Waals surface area contributed by atoms with Gasteiger partial charge in [0.2, 0.25) is 10.0 Å². The Morgan fingerprint density at radius 3 is 2.41 bits per heavy atom. The molecule has 1 N–H and O–H groups in total. The van der Waals surface area contributed by atoms with E-state index in [-0.39, 0.29) is 4.90 Å². The van der Waals surface area contributed by atoms with Crippen LogP contribution in [0.5, 0.6) is 11.5 Å². The van der Waals surface area contributed by atoms with E-state index in [2.05, 4.69) is 5.32 Å². The molecular weight excluding hydrogens is 460 g/mol. The summed E-state index contributed by atoms with van der Waals surface area (Å²) in [5, 5.41) is 2.56. The van der Waals surface area contributed by atoms with E-state index in [1.807, 2.05) is 13.0 Å². The number of benzene rings is 2. The summed E-state index contributed by atoms with van der Waals surface area (Å²) in [5.74, 6) is -0.446. The van der Waals surface area contributed by atoms with Crippen molar-refractivity contribution in [3.63, 3.8) is 0 Å². The number of ether oxygens (including phenoxy) is 3. The molecule has 0 aromatic heterocycles. The van der Waals surface area contributed by atoms with E-state index >= 15 is 0 Å². The zero-order valence-electron chi connectivity index (χ0n) is 19.4. The fourth-order valence-electron chi connectivity index (χ4n) is 3.58. The molecule has 0 atom stereocenters. The molecular formula is C24H30N2O7S. The van der Waals surface area contributed by atoms with Crippen molar-refractivity contribution < 1.29 is 32.2 Å². The lowest BCUT2D eigenvalue weighted by Crippen LogP contribution is -2.32. The molecule has 1 saturated heterocycles. The third-order valence-electron chi connectivity index (χ3n) is 5.35. The van der Waals surface area contributed by atoms with Crippen molar-refractivity contribution in [1.82, 2.24) is 4.31 Å². The van der Waals surface area contributed by atoms with Crippen LogP contribution in [-0.4, -0.2) is 58.0 Å². The molecule has 2 aromatic rings. The summed E-state index contributed by atoms with van der Waals surface area (Å²) in [6.45, 7) is 1.96. The van der Waals surface area contributed by atoms with Gasteiger partial charge in [0, 0.05) is 18.8 Å². The lowest BCUT2D eigenvalue weighted by atomic mass is 10.2. The summed E-state index contributed by atoms with van der Waals surface area (Å²) in [7, 11) is -2.14. The Hall–Kier alpha value is -3.11. The zero-order valence-corrected chi connectivity index (χ0v) is 20.2. The summed E-state index contributed by atoms with van der Waals surface area (Å²) < 4.78 is 43.0. The van der Waals surface area contributed by atoms with Crippen LogP contribution in [0.15, 0.2) is 47.4 Å². The van der Waals surface area contributed by atoms with Gasteiger partial charge in [-0.25, -0.2) is 13.2 Å². The van der Waals surface area contributed by atoms with Gasteiger partial charge in [0.05, 0.1) is 12.0 Å². The highest BCUT2D eigenvalue weighted by atomic mass is 32.2. The fraction of sp³-hybridized carbons (Fsp3) is 0.417. The van der Waals surface area contributed by atoms with Gasteiger partial charge in [0.1, 0.15) is 0 Å². The van der Waals surface area contributed by atoms with Crippen LogP contribution < -0.4 is 14.8 Å². The smallest absolute Gasteiger partial charge is 0.344 e. The molecule has 1 aliphatic heterocycles. The second kappa shape index (κ2) is 11.8. The van der Waals surface area contributed by atoms with Gasteiger partial charge in [-0.15, -0.1) is 0 Å². The van der Waals surface area contributed by atoms with E-state index in [0.717, 1.165) is 31.2 Å². The molecule has 184 valence electrons. The van der Waals surface area contributed by atoms with Crippen LogP contribution in [-0.2, 0) is 24.3 Å². The van der Waals surface area contributed by atoms with E-state index in [9.17, 15) is 18.0 Å². The van der Waals surface area contributed by atoms with E-state index < -0.39 is 35.1 Å². The number of nitrogens with zero attached hydrogens (tertiary/aromatic N) is 1. The predicted octanol–water partition coefficient (Wildman–Crippen LogP) is 3.13. The molecule has 1 fully saturated rings. The van der Waals surface area contributed by atoms with Crippen LogP contribution >= 0.6 is 0 Å². The molecule has 0 aliphatic carbocycles. The van der Waals surface area contributed by atoms with Gasteiger partial charge >= 0.3 is 5.97 Å². The molecule has 0 spiro atoms. The first-order valence-corrected chi connectivity index (χ1v) is 12.6. The van der Waals surface area contributed by atoms with Crippen molar-refractivity contribution in [3.8, 4) is 11.5 Å². The maximum absolute atomic E-state index is 13.0. The topological polar surface area (TPSA) is 111 Å². The average molecular weight is 491 g/mol. The number of nitrogens with one attached hydrogen (secondary N) is 1. The number of esters is 1. The number of anilines is 1. The summed E-state index contributed by atoms with van der Waals surface area (Å²) >= 11 is 0. The second-order valence-corrected chi connectivity index (χ2v) is 9.94. The molecule has 10 heteroatoms. The first kappa shape index (κ1) is 25.5. The van der Waals surface area contributed by atoms with Gasteiger partial charge in [-0.3, -0.25) is 4.79 Å². The quantitative estimate of drug-likeness (QED) is 0.538. The predicted molar refractivity (Wildman–Crippen MR) is 126 cm³/mol. The van der Waals surface area contributed by atoms with E-state index in [1.165, 1.54) is 23.5 Å². The van der Waals surface area contributed by atoms with Crippen molar-refractivity contribution in [3.05, 3.63) is 48.0 Å². The number of methoxy groups -OCH3 is 1. The maximum atomic E-state index is 13.0. The lowest BCUT2D eigenvalue weighted by molar-refractivity contribution is -0.149. The summed E-state index contributed by atoms with van der Waals surface area (Å²) in [5.41, 5.74) is 1.28. The standard InChI is InChI=1S/C24H30N2O7S/c1-18-10-11-21(22(14-18)31-2)32-17-24(28)33-16-23(27)25-19-8-7-9-20(15-19)34(29,30)26-12-5-3-4-6-13-26/h7-11,14-15H,3-6,12-13,16-17H2,1-2H3,(H,25,27). The SMILES string of the molecule is COc1cc(C)ccc1OCC(=O)OCC(=O)Nc1cccc(S(=O)(=O)N2CCCCCC2)c1. The van der Waals surface area contributed by atoms with Crippen LogP contribution in [0.25, 0.3) is 0 Å². The Balaban J connectivity index is 1.51. The van der Waals surface area contributed by atoms with Gasteiger partial charge in [0.25, 0.3) is 5.91 Å². The monoisotopic (exact) mass is 490 g/mol. The Morgan fingerprint density at radius 1 is 0.971 bits per heavy atom. The van der Waals surface area contributed by atoms with Crippen molar-refractivity contribution in [2.24, 2.45) is 0 Å². The van der Waals surface area contributed by atoms with E-state index in [0.29, 0.717) is 30.3 Å². The van der Waals surface area contributed by atoms with Crippen LogP contribution in [0.1, 0.15) is 31.2 Å². The summed E-state index contributed by atoms with van der Waals surface area (Å²) in [6, 6.07) is 11.3. The Morgan fingerprint density at radius 2 is 1.71 bits per heavy atom. The van der Waals surface area contributed by atoms with Gasteiger partial charge in [-0.2, -0.15) is 4.31 Å². The molecule has 1 amide bonds. The summed E-state index contributed by atoms with van der Waals surface area (Å²) in [4.78, 5) is 24.3. The van der Waals surface area contributed by atoms with Crippen LogP contribution in [0.4, 0.5) is 5.69 Å². The molecule has 0 unspecified atom stereocenters. The number of aryl methyl sites for hydroxylation is 1. The number of hydrogen-bond donors (Lipinski definition) is 1. The van der Waals surface area contributed by atoms with Crippen LogP contribution in [0, 0.1) is 6.92 Å². The second-order valence-electron chi connectivity index (χ2n) is 8.00.